The van der Waals surface area contributed by atoms with Crippen LogP contribution in [0.3, 0.4) is 0 Å². The normalized spacial score (nSPS) is 0. The van der Waals surface area contributed by atoms with E-state index in [1.165, 1.54) is 0 Å². The van der Waals surface area contributed by atoms with Crippen LogP contribution in [0.2, 0.25) is 0 Å². The van der Waals surface area contributed by atoms with Gasteiger partial charge in [-0.2, -0.15) is 0 Å². The zero-order valence-electron chi connectivity index (χ0n) is 1.29. The Morgan fingerprint density at radius 1 is 1.00 bits per heavy atom. The molecule has 0 aromatic rings. The third kappa shape index (κ3) is 8.98. The molecule has 0 unspecified atom stereocenters. The summed E-state index contributed by atoms with van der Waals surface area (Å²) in [7, 11) is 0. The van der Waals surface area contributed by atoms with E-state index in [9.17, 15) is 0 Å². The molecular weight excluding hydrogens is 356 g/mol. The Balaban J connectivity index is 0. The minimum atomic E-state index is 0. The fourth-order valence-corrected chi connectivity index (χ4v) is 0. The Labute approximate surface area is 104 Å². The van der Waals surface area contributed by atoms with Gasteiger partial charge in [-0.25, -0.2) is 0 Å². The maximum Gasteiger partial charge on any atom is 2.00 e. The molecule has 0 bridgehead atoms. The van der Waals surface area contributed by atoms with E-state index in [2.05, 4.69) is 0 Å². The van der Waals surface area contributed by atoms with Gasteiger partial charge in [-0.3, -0.25) is 0 Å². The summed E-state index contributed by atoms with van der Waals surface area (Å²) in [6.45, 7) is 0. The second-order valence-electron chi connectivity index (χ2n) is 0. The first kappa shape index (κ1) is 26.8. The molecule has 0 N–H and O–H groups in total. The van der Waals surface area contributed by atoms with Crippen LogP contribution in [0.4, 0.5) is 0 Å². The molecule has 0 aromatic heterocycles. The van der Waals surface area contributed by atoms with Gasteiger partial charge in [-0.05, 0) is 0 Å². The van der Waals surface area contributed by atoms with Gasteiger partial charge in [0.05, 0.1) is 0 Å². The zero-order chi connectivity index (χ0) is 0. The van der Waals surface area contributed by atoms with Gasteiger partial charge in [-0.1, -0.05) is 0 Å². The fraction of sp³-hybridized carbons (Fsp3) is 0. The SMILES string of the molecule is [BaH2].[Cu+2].[La].[O-2]. The van der Waals surface area contributed by atoms with E-state index >= 15 is 0 Å². The Bertz CT molecular complexity index is 8.00. The van der Waals surface area contributed by atoms with Gasteiger partial charge < -0.3 is 5.48 Å². The molecule has 0 amide bonds. The maximum atomic E-state index is 0. The Morgan fingerprint density at radius 2 is 1.00 bits per heavy atom. The van der Waals surface area contributed by atoms with Crippen molar-refractivity contribution in [1.82, 2.24) is 0 Å². The van der Waals surface area contributed by atoms with Crippen molar-refractivity contribution in [1.29, 1.82) is 0 Å². The summed E-state index contributed by atoms with van der Waals surface area (Å²) in [6, 6.07) is 0. The molecule has 0 aliphatic rings. The Hall–Kier alpha value is 3.25. The third-order valence-electron chi connectivity index (χ3n) is 0. The summed E-state index contributed by atoms with van der Waals surface area (Å²) < 4.78 is 0. The van der Waals surface area contributed by atoms with Crippen LogP contribution in [0.5, 0.6) is 0 Å². The average Bonchev–Trinajstić information content (AvgIpc) is 0. The maximum absolute atomic E-state index is 0. The predicted octanol–water partition coefficient (Wildman–Crippen LogP) is -1.04. The summed E-state index contributed by atoms with van der Waals surface area (Å²) in [5, 5.41) is 0. The minimum absolute atomic E-state index is 0. The van der Waals surface area contributed by atoms with Crippen LogP contribution in [-0.4, -0.2) is 48.9 Å². The first-order valence-electron chi connectivity index (χ1n) is 0. The van der Waals surface area contributed by atoms with E-state index in [0.717, 1.165) is 0 Å². The molecule has 0 saturated carbocycles. The molecule has 0 heterocycles. The molecule has 0 aromatic carbocycles. The second kappa shape index (κ2) is 16.3. The van der Waals surface area contributed by atoms with Crippen LogP contribution in [0.1, 0.15) is 0 Å². The second-order valence-corrected chi connectivity index (χ2v) is 0. The van der Waals surface area contributed by atoms with Crippen molar-refractivity contribution >= 4 is 48.9 Å². The third-order valence-corrected chi connectivity index (χ3v) is 0. The standard InChI is InChI=1S/Ba.Cu.La.O.2H/q;+2;;-2;;. The molecule has 4 heavy (non-hydrogen) atoms. The average molecular weight is 358 g/mol. The van der Waals surface area contributed by atoms with Gasteiger partial charge in [0.25, 0.3) is 0 Å². The summed E-state index contributed by atoms with van der Waals surface area (Å²) in [5.74, 6) is 0. The van der Waals surface area contributed by atoms with Crippen molar-refractivity contribution < 1.29 is 58.1 Å². The number of hydrogen-bond donors (Lipinski definition) is 0. The monoisotopic (exact) mass is 358 g/mol. The van der Waals surface area contributed by atoms with Gasteiger partial charge in [0, 0.05) is 35.6 Å². The molecule has 4 heteroatoms. The number of hydrogen-bond acceptors (Lipinski definition) is 0. The van der Waals surface area contributed by atoms with Crippen LogP contribution in [-0.2, 0) is 22.5 Å². The van der Waals surface area contributed by atoms with Gasteiger partial charge in [0.15, 0.2) is 0 Å². The van der Waals surface area contributed by atoms with E-state index in [0.29, 0.717) is 0 Å². The van der Waals surface area contributed by atoms with E-state index in [-0.39, 0.29) is 107 Å². The molecule has 0 rings (SSSR count). The topological polar surface area (TPSA) is 28.5 Å². The fourth-order valence-electron chi connectivity index (χ4n) is 0. The molecule has 0 fully saturated rings. The van der Waals surface area contributed by atoms with Gasteiger partial charge in [0.2, 0.25) is 0 Å². The molecule has 0 atom stereocenters. The van der Waals surface area contributed by atoms with Crippen molar-refractivity contribution in [2.45, 2.75) is 0 Å². The van der Waals surface area contributed by atoms with E-state index in [4.69, 9.17) is 0 Å². The molecule has 1 nitrogen and oxygen atoms in total. The summed E-state index contributed by atoms with van der Waals surface area (Å²) in [5.41, 5.74) is 0. The van der Waals surface area contributed by atoms with Crippen LogP contribution >= 0.6 is 0 Å². The Morgan fingerprint density at radius 3 is 1.00 bits per heavy atom. The van der Waals surface area contributed by atoms with Crippen LogP contribution < -0.4 is 0 Å². The predicted molar refractivity (Wildman–Crippen MR) is 9.23 cm³/mol. The summed E-state index contributed by atoms with van der Waals surface area (Å²) in [4.78, 5) is 0. The van der Waals surface area contributed by atoms with Crippen molar-refractivity contribution in [3.8, 4) is 0 Å². The van der Waals surface area contributed by atoms with Gasteiger partial charge >= 0.3 is 65.9 Å². The quantitative estimate of drug-likeness (QED) is 0.496. The first-order valence-corrected chi connectivity index (χ1v) is 0. The van der Waals surface area contributed by atoms with Crippen molar-refractivity contribution in [3.05, 3.63) is 0 Å². The molecule has 0 spiro atoms. The van der Waals surface area contributed by atoms with E-state index in [1.807, 2.05) is 0 Å². The van der Waals surface area contributed by atoms with Gasteiger partial charge in [-0.15, -0.1) is 0 Å². The van der Waals surface area contributed by atoms with Crippen LogP contribution in [0.25, 0.3) is 0 Å². The summed E-state index contributed by atoms with van der Waals surface area (Å²) in [6.07, 6.45) is 0. The molecule has 0 aliphatic carbocycles. The van der Waals surface area contributed by atoms with Gasteiger partial charge in [0.1, 0.15) is 0 Å². The van der Waals surface area contributed by atoms with Crippen molar-refractivity contribution in [2.75, 3.05) is 0 Å². The van der Waals surface area contributed by atoms with Crippen LogP contribution in [0.15, 0.2) is 0 Å². The summed E-state index contributed by atoms with van der Waals surface area (Å²) >= 11 is 0. The first-order chi connectivity index (χ1) is 0. The minimum Gasteiger partial charge on any atom is -2.00 e. The van der Waals surface area contributed by atoms with E-state index in [1.54, 1.807) is 0 Å². The number of rotatable bonds is 0. The van der Waals surface area contributed by atoms with Crippen molar-refractivity contribution in [2.24, 2.45) is 0 Å². The molecular formula is H2BaCuLaO. The Kier molecular flexibility index (Phi) is 109. The van der Waals surface area contributed by atoms with Crippen molar-refractivity contribution in [3.63, 3.8) is 0 Å². The van der Waals surface area contributed by atoms with E-state index < -0.39 is 0 Å². The molecule has 24 valence electrons. The molecule has 2 radical (unpaired) electrons. The van der Waals surface area contributed by atoms with Crippen LogP contribution in [0, 0.1) is 35.6 Å². The largest absolute Gasteiger partial charge is 2.00 e. The molecule has 0 saturated heterocycles. The zero-order valence-corrected chi connectivity index (χ0v) is 5.85. The smallest absolute Gasteiger partial charge is 2.00 e. The molecule has 0 aliphatic heterocycles.